The van der Waals surface area contributed by atoms with Crippen molar-refractivity contribution < 1.29 is 9.18 Å². The van der Waals surface area contributed by atoms with Gasteiger partial charge in [0.2, 0.25) is 0 Å². The summed E-state index contributed by atoms with van der Waals surface area (Å²) in [5.74, 6) is 0.163. The molecule has 1 aromatic rings. The van der Waals surface area contributed by atoms with E-state index in [0.29, 0.717) is 6.54 Å². The minimum absolute atomic E-state index is 0.196. The Bertz CT molecular complexity index is 430. The third-order valence-corrected chi connectivity index (χ3v) is 4.13. The third kappa shape index (κ3) is 2.87. The van der Waals surface area contributed by atoms with Crippen LogP contribution in [0.3, 0.4) is 0 Å². The van der Waals surface area contributed by atoms with Gasteiger partial charge in [-0.1, -0.05) is 35.3 Å². The maximum absolute atomic E-state index is 13.1. The molecule has 1 saturated heterocycles. The van der Waals surface area contributed by atoms with Gasteiger partial charge < -0.3 is 4.90 Å². The minimum atomic E-state index is -1.07. The van der Waals surface area contributed by atoms with Gasteiger partial charge in [0.1, 0.15) is 11.2 Å². The highest BCUT2D eigenvalue weighted by Gasteiger charge is 2.33. The normalized spacial score (nSPS) is 20.0. The summed E-state index contributed by atoms with van der Waals surface area (Å²) in [7, 11) is 0. The molecular weight excluding hydrogens is 284 g/mol. The van der Waals surface area contributed by atoms with Crippen molar-refractivity contribution in [2.45, 2.75) is 10.2 Å². The van der Waals surface area contributed by atoms with Crippen LogP contribution < -0.4 is 0 Å². The van der Waals surface area contributed by atoms with Crippen molar-refractivity contribution in [1.82, 2.24) is 4.90 Å². The lowest BCUT2D eigenvalue weighted by Gasteiger charge is -2.24. The summed E-state index contributed by atoms with van der Waals surface area (Å²) in [6.07, 6.45) is 0. The number of hydrogen-bond donors (Lipinski definition) is 0. The molecule has 0 N–H and O–H groups in total. The second-order valence-electron chi connectivity index (χ2n) is 3.61. The van der Waals surface area contributed by atoms with Gasteiger partial charge in [-0.05, 0) is 17.7 Å². The molecule has 92 valence electrons. The lowest BCUT2D eigenvalue weighted by molar-refractivity contribution is -0.129. The molecule has 0 aliphatic carbocycles. The molecule has 1 fully saturated rings. The van der Waals surface area contributed by atoms with Crippen LogP contribution in [0.5, 0.6) is 0 Å². The number of rotatable bonds is 2. The fourth-order valence-electron chi connectivity index (χ4n) is 1.76. The molecule has 0 saturated carbocycles. The molecule has 0 spiro atoms. The van der Waals surface area contributed by atoms with E-state index in [1.165, 1.54) is 12.1 Å². The average Bonchev–Trinajstić information content (AvgIpc) is 2.76. The Labute approximate surface area is 113 Å². The predicted molar refractivity (Wildman–Crippen MR) is 68.8 cm³/mol. The van der Waals surface area contributed by atoms with Crippen LogP contribution >= 0.6 is 35.0 Å². The number of nitrogens with zero attached hydrogens (tertiary/aromatic N) is 1. The van der Waals surface area contributed by atoms with Crippen molar-refractivity contribution in [3.05, 3.63) is 35.6 Å². The van der Waals surface area contributed by atoms with E-state index in [-0.39, 0.29) is 17.1 Å². The Morgan fingerprint density at radius 1 is 1.53 bits per heavy atom. The van der Waals surface area contributed by atoms with Crippen LogP contribution in [0.1, 0.15) is 10.9 Å². The summed E-state index contributed by atoms with van der Waals surface area (Å²) >= 11 is 12.7. The summed E-state index contributed by atoms with van der Waals surface area (Å²) in [5, 5.41) is -0.196. The lowest BCUT2D eigenvalue weighted by Crippen LogP contribution is -2.34. The zero-order chi connectivity index (χ0) is 12.4. The van der Waals surface area contributed by atoms with E-state index in [9.17, 15) is 9.18 Å². The molecule has 1 aliphatic heterocycles. The Morgan fingerprint density at radius 3 is 2.94 bits per heavy atom. The van der Waals surface area contributed by atoms with E-state index >= 15 is 0 Å². The zero-order valence-electron chi connectivity index (χ0n) is 8.78. The Balaban J connectivity index is 2.23. The molecular formula is C11H10Cl2FNOS. The molecule has 1 unspecified atom stereocenters. The number of benzene rings is 1. The van der Waals surface area contributed by atoms with Crippen LogP contribution in [0.2, 0.25) is 0 Å². The van der Waals surface area contributed by atoms with Crippen LogP contribution in [-0.2, 0) is 4.79 Å². The van der Waals surface area contributed by atoms with E-state index < -0.39 is 4.84 Å². The number of carbonyl (C=O) groups is 1. The van der Waals surface area contributed by atoms with Gasteiger partial charge in [0.15, 0.2) is 4.84 Å². The summed E-state index contributed by atoms with van der Waals surface area (Å²) in [5.41, 5.74) is 0.759. The third-order valence-electron chi connectivity index (χ3n) is 2.49. The van der Waals surface area contributed by atoms with Gasteiger partial charge >= 0.3 is 0 Å². The van der Waals surface area contributed by atoms with Gasteiger partial charge in [-0.25, -0.2) is 4.39 Å². The van der Waals surface area contributed by atoms with Crippen LogP contribution in [0.25, 0.3) is 0 Å². The fourth-order valence-corrected chi connectivity index (χ4v) is 3.26. The number of hydrogen-bond acceptors (Lipinski definition) is 2. The number of thioether (sulfide) groups is 1. The van der Waals surface area contributed by atoms with Crippen LogP contribution in [0.15, 0.2) is 24.3 Å². The van der Waals surface area contributed by atoms with E-state index in [0.717, 1.165) is 11.3 Å². The molecule has 1 aliphatic rings. The van der Waals surface area contributed by atoms with Gasteiger partial charge in [-0.2, -0.15) is 0 Å². The number of alkyl halides is 2. The molecule has 2 nitrogen and oxygen atoms in total. The molecule has 6 heteroatoms. The van der Waals surface area contributed by atoms with Crippen LogP contribution in [0, 0.1) is 5.82 Å². The van der Waals surface area contributed by atoms with Gasteiger partial charge in [-0.15, -0.1) is 11.8 Å². The van der Waals surface area contributed by atoms with Crippen molar-refractivity contribution in [1.29, 1.82) is 0 Å². The molecule has 0 aromatic heterocycles. The standard InChI is InChI=1S/C11H10Cl2FNOS/c12-9(13)10(16)15-4-5-17-11(15)7-2-1-3-8(14)6-7/h1-3,6,9,11H,4-5H2. The molecule has 2 rings (SSSR count). The largest absolute Gasteiger partial charge is 0.323 e. The maximum Gasteiger partial charge on any atom is 0.257 e. The van der Waals surface area contributed by atoms with Crippen molar-refractivity contribution in [2.24, 2.45) is 0 Å². The first-order valence-corrected chi connectivity index (χ1v) is 6.97. The molecule has 1 amide bonds. The number of carbonyl (C=O) groups excluding carboxylic acids is 1. The second-order valence-corrected chi connectivity index (χ2v) is 5.89. The first kappa shape index (κ1) is 13.0. The predicted octanol–water partition coefficient (Wildman–Crippen LogP) is 3.20. The van der Waals surface area contributed by atoms with E-state index in [2.05, 4.69) is 0 Å². The Morgan fingerprint density at radius 2 is 2.29 bits per heavy atom. The lowest BCUT2D eigenvalue weighted by atomic mass is 10.2. The quantitative estimate of drug-likeness (QED) is 0.781. The van der Waals surface area contributed by atoms with Crippen LogP contribution in [0.4, 0.5) is 4.39 Å². The van der Waals surface area contributed by atoms with Gasteiger partial charge in [0.05, 0.1) is 0 Å². The first-order chi connectivity index (χ1) is 8.09. The van der Waals surface area contributed by atoms with Crippen molar-refractivity contribution >= 4 is 40.9 Å². The molecule has 17 heavy (non-hydrogen) atoms. The highest BCUT2D eigenvalue weighted by molar-refractivity contribution is 7.99. The fraction of sp³-hybridized carbons (Fsp3) is 0.364. The van der Waals surface area contributed by atoms with Gasteiger partial charge in [0.25, 0.3) is 5.91 Å². The van der Waals surface area contributed by atoms with Gasteiger partial charge in [-0.3, -0.25) is 4.79 Å². The van der Waals surface area contributed by atoms with Gasteiger partial charge in [0, 0.05) is 12.3 Å². The summed E-state index contributed by atoms with van der Waals surface area (Å²) < 4.78 is 13.1. The van der Waals surface area contributed by atoms with Crippen molar-refractivity contribution in [3.63, 3.8) is 0 Å². The molecule has 1 heterocycles. The van der Waals surface area contributed by atoms with Crippen LogP contribution in [-0.4, -0.2) is 27.9 Å². The smallest absolute Gasteiger partial charge is 0.257 e. The molecule has 1 aromatic carbocycles. The highest BCUT2D eigenvalue weighted by Crippen LogP contribution is 2.38. The summed E-state index contributed by atoms with van der Waals surface area (Å²) in [4.78, 5) is 12.3. The second kappa shape index (κ2) is 5.46. The van der Waals surface area contributed by atoms with Crippen molar-refractivity contribution in [3.8, 4) is 0 Å². The first-order valence-electron chi connectivity index (χ1n) is 5.05. The Hall–Kier alpha value is -0.450. The highest BCUT2D eigenvalue weighted by atomic mass is 35.5. The van der Waals surface area contributed by atoms with E-state index in [4.69, 9.17) is 23.2 Å². The molecule has 0 radical (unpaired) electrons. The zero-order valence-corrected chi connectivity index (χ0v) is 11.1. The maximum atomic E-state index is 13.1. The topological polar surface area (TPSA) is 20.3 Å². The average molecular weight is 294 g/mol. The Kier molecular flexibility index (Phi) is 4.17. The molecule has 0 bridgehead atoms. The number of amides is 1. The minimum Gasteiger partial charge on any atom is -0.323 e. The summed E-state index contributed by atoms with van der Waals surface area (Å²) in [6, 6.07) is 6.23. The summed E-state index contributed by atoms with van der Waals surface area (Å²) in [6.45, 7) is 0.584. The monoisotopic (exact) mass is 293 g/mol. The van der Waals surface area contributed by atoms with Crippen molar-refractivity contribution in [2.75, 3.05) is 12.3 Å². The SMILES string of the molecule is O=C(C(Cl)Cl)N1CCSC1c1cccc(F)c1. The van der Waals surface area contributed by atoms with E-state index in [1.54, 1.807) is 28.8 Å². The molecule has 1 atom stereocenters. The van der Waals surface area contributed by atoms with E-state index in [1.807, 2.05) is 0 Å². The number of halogens is 3.